The van der Waals surface area contributed by atoms with Crippen molar-refractivity contribution < 1.29 is 19.1 Å². The third kappa shape index (κ3) is 5.15. The fourth-order valence-corrected chi connectivity index (χ4v) is 3.98. The Morgan fingerprint density at radius 3 is 2.53 bits per heavy atom. The van der Waals surface area contributed by atoms with Gasteiger partial charge in [-0.1, -0.05) is 24.3 Å². The van der Waals surface area contributed by atoms with Crippen LogP contribution in [0, 0.1) is 11.3 Å². The third-order valence-corrected chi connectivity index (χ3v) is 5.76. The molecule has 0 radical (unpaired) electrons. The molecular weight excluding hydrogens is 456 g/mol. The van der Waals surface area contributed by atoms with Crippen LogP contribution in [-0.2, 0) is 23.0 Å². The molecule has 0 aliphatic rings. The first-order valence-corrected chi connectivity index (χ1v) is 11.4. The molecule has 0 saturated heterocycles. The second kappa shape index (κ2) is 10.7. The SMILES string of the molecule is CCOC(=O)CN(C(=O)c1ccccn1)c1ccc2c(C(=O)Cc3ccc(C#N)cc3)cn(C)c2c1. The van der Waals surface area contributed by atoms with E-state index in [4.69, 9.17) is 10.00 Å². The van der Waals surface area contributed by atoms with Gasteiger partial charge in [-0.15, -0.1) is 0 Å². The van der Waals surface area contributed by atoms with Crippen LogP contribution in [0.15, 0.2) is 73.1 Å². The zero-order valence-corrected chi connectivity index (χ0v) is 20.0. The summed E-state index contributed by atoms with van der Waals surface area (Å²) in [5.74, 6) is -1.03. The number of nitrogens with zero attached hydrogens (tertiary/aromatic N) is 4. The summed E-state index contributed by atoms with van der Waals surface area (Å²) >= 11 is 0. The molecule has 0 saturated carbocycles. The summed E-state index contributed by atoms with van der Waals surface area (Å²) in [6.07, 6.45) is 3.47. The Bertz CT molecular complexity index is 1470. The molecule has 8 nitrogen and oxygen atoms in total. The monoisotopic (exact) mass is 480 g/mol. The average Bonchev–Trinajstić information content (AvgIpc) is 3.24. The number of aryl methyl sites for hydroxylation is 1. The lowest BCUT2D eigenvalue weighted by atomic mass is 10.0. The summed E-state index contributed by atoms with van der Waals surface area (Å²) in [7, 11) is 1.82. The van der Waals surface area contributed by atoms with Gasteiger partial charge < -0.3 is 9.30 Å². The van der Waals surface area contributed by atoms with Crippen molar-refractivity contribution in [1.82, 2.24) is 9.55 Å². The highest BCUT2D eigenvalue weighted by molar-refractivity contribution is 6.11. The normalized spacial score (nSPS) is 10.6. The van der Waals surface area contributed by atoms with Gasteiger partial charge in [0.1, 0.15) is 12.2 Å². The van der Waals surface area contributed by atoms with Crippen LogP contribution >= 0.6 is 0 Å². The van der Waals surface area contributed by atoms with E-state index >= 15 is 0 Å². The van der Waals surface area contributed by atoms with E-state index in [0.29, 0.717) is 16.8 Å². The quantitative estimate of drug-likeness (QED) is 0.278. The lowest BCUT2D eigenvalue weighted by molar-refractivity contribution is -0.141. The van der Waals surface area contributed by atoms with Crippen LogP contribution in [0.3, 0.4) is 0 Å². The number of hydrogen-bond donors (Lipinski definition) is 0. The number of hydrogen-bond acceptors (Lipinski definition) is 6. The Morgan fingerprint density at radius 2 is 1.86 bits per heavy atom. The van der Waals surface area contributed by atoms with Crippen LogP contribution in [0.2, 0.25) is 0 Å². The highest BCUT2D eigenvalue weighted by Crippen LogP contribution is 2.28. The molecular formula is C28H24N4O4. The number of pyridine rings is 1. The van der Waals surface area contributed by atoms with Crippen molar-refractivity contribution in [2.45, 2.75) is 13.3 Å². The molecule has 0 spiro atoms. The fraction of sp³-hybridized carbons (Fsp3) is 0.179. The molecule has 1 amide bonds. The predicted molar refractivity (Wildman–Crippen MR) is 135 cm³/mol. The van der Waals surface area contributed by atoms with Crippen LogP contribution in [0.4, 0.5) is 5.69 Å². The molecule has 36 heavy (non-hydrogen) atoms. The van der Waals surface area contributed by atoms with Gasteiger partial charge in [-0.25, -0.2) is 0 Å². The van der Waals surface area contributed by atoms with Crippen molar-refractivity contribution >= 4 is 34.3 Å². The largest absolute Gasteiger partial charge is 0.465 e. The minimum Gasteiger partial charge on any atom is -0.465 e. The van der Waals surface area contributed by atoms with Crippen molar-refractivity contribution in [1.29, 1.82) is 5.26 Å². The molecule has 0 atom stereocenters. The lowest BCUT2D eigenvalue weighted by Crippen LogP contribution is -2.37. The van der Waals surface area contributed by atoms with Crippen LogP contribution in [0.5, 0.6) is 0 Å². The maximum Gasteiger partial charge on any atom is 0.326 e. The minimum absolute atomic E-state index is 0.0639. The predicted octanol–water partition coefficient (Wildman–Crippen LogP) is 4.08. The number of benzene rings is 2. The first-order valence-electron chi connectivity index (χ1n) is 11.4. The van der Waals surface area contributed by atoms with Crippen LogP contribution in [-0.4, -0.2) is 40.4 Å². The number of ketones is 1. The summed E-state index contributed by atoms with van der Waals surface area (Å²) < 4.78 is 6.89. The van der Waals surface area contributed by atoms with E-state index in [9.17, 15) is 14.4 Å². The number of fused-ring (bicyclic) bond motifs is 1. The van der Waals surface area contributed by atoms with Gasteiger partial charge in [0.25, 0.3) is 5.91 Å². The second-order valence-electron chi connectivity index (χ2n) is 8.18. The summed E-state index contributed by atoms with van der Waals surface area (Å²) in [5.41, 5.74) is 3.33. The van der Waals surface area contributed by atoms with Gasteiger partial charge in [-0.3, -0.25) is 24.3 Å². The van der Waals surface area contributed by atoms with E-state index in [-0.39, 0.29) is 31.0 Å². The first kappa shape index (κ1) is 24.4. The molecule has 0 aliphatic carbocycles. The van der Waals surface area contributed by atoms with Crippen molar-refractivity contribution in [2.75, 3.05) is 18.1 Å². The molecule has 0 fully saturated rings. The molecule has 0 unspecified atom stereocenters. The Hall–Kier alpha value is -4.77. The Balaban J connectivity index is 1.67. The van der Waals surface area contributed by atoms with Gasteiger partial charge in [-0.05, 0) is 48.9 Å². The number of anilines is 1. The Kier molecular flexibility index (Phi) is 7.21. The number of nitriles is 1. The summed E-state index contributed by atoms with van der Waals surface area (Å²) in [5, 5.41) is 9.71. The number of Topliss-reactive ketones (excluding diaryl/α,β-unsaturated/α-hetero) is 1. The average molecular weight is 481 g/mol. The summed E-state index contributed by atoms with van der Waals surface area (Å²) in [4.78, 5) is 44.1. The van der Waals surface area contributed by atoms with Crippen molar-refractivity contribution in [3.8, 4) is 6.07 Å². The zero-order valence-electron chi connectivity index (χ0n) is 20.0. The van der Waals surface area contributed by atoms with Gasteiger partial charge >= 0.3 is 5.97 Å². The zero-order chi connectivity index (χ0) is 25.7. The van der Waals surface area contributed by atoms with Crippen molar-refractivity contribution in [3.05, 3.63) is 95.4 Å². The molecule has 2 aromatic carbocycles. The third-order valence-electron chi connectivity index (χ3n) is 5.76. The molecule has 4 rings (SSSR count). The van der Waals surface area contributed by atoms with Gasteiger partial charge in [-0.2, -0.15) is 5.26 Å². The standard InChI is InChI=1S/C28H24N4O4/c1-3-36-27(34)18-32(28(35)24-6-4-5-13-30-24)21-11-12-22-23(17-31(2)25(22)15-21)26(33)14-19-7-9-20(16-29)10-8-19/h4-13,15,17H,3,14,18H2,1-2H3. The Morgan fingerprint density at radius 1 is 1.08 bits per heavy atom. The lowest BCUT2D eigenvalue weighted by Gasteiger charge is -2.22. The molecule has 180 valence electrons. The van der Waals surface area contributed by atoms with E-state index in [2.05, 4.69) is 11.1 Å². The van der Waals surface area contributed by atoms with E-state index in [0.717, 1.165) is 16.5 Å². The molecule has 2 aromatic heterocycles. The number of rotatable bonds is 8. The molecule has 4 aromatic rings. The molecule has 2 heterocycles. The highest BCUT2D eigenvalue weighted by atomic mass is 16.5. The summed E-state index contributed by atoms with van der Waals surface area (Å²) in [6, 6.07) is 19.2. The molecule has 0 bridgehead atoms. The molecule has 8 heteroatoms. The van der Waals surface area contributed by atoms with Gasteiger partial charge in [0.15, 0.2) is 5.78 Å². The summed E-state index contributed by atoms with van der Waals surface area (Å²) in [6.45, 7) is 1.63. The minimum atomic E-state index is -0.535. The topological polar surface area (TPSA) is 105 Å². The molecule has 0 aliphatic heterocycles. The van der Waals surface area contributed by atoms with E-state index < -0.39 is 11.9 Å². The van der Waals surface area contributed by atoms with Crippen molar-refractivity contribution in [2.24, 2.45) is 7.05 Å². The number of carbonyl (C=O) groups is 3. The molecule has 0 N–H and O–H groups in total. The smallest absolute Gasteiger partial charge is 0.326 e. The van der Waals surface area contributed by atoms with Crippen LogP contribution in [0.25, 0.3) is 10.9 Å². The van der Waals surface area contributed by atoms with Gasteiger partial charge in [0.05, 0.1) is 23.8 Å². The van der Waals surface area contributed by atoms with Crippen molar-refractivity contribution in [3.63, 3.8) is 0 Å². The number of aromatic nitrogens is 2. The van der Waals surface area contributed by atoms with Crippen LogP contribution in [0.1, 0.15) is 38.9 Å². The van der Waals surface area contributed by atoms with Crippen LogP contribution < -0.4 is 4.90 Å². The van der Waals surface area contributed by atoms with E-state index in [1.165, 1.54) is 11.1 Å². The fourth-order valence-electron chi connectivity index (χ4n) is 3.98. The first-order chi connectivity index (χ1) is 17.4. The highest BCUT2D eigenvalue weighted by Gasteiger charge is 2.24. The number of ether oxygens (including phenoxy) is 1. The maximum absolute atomic E-state index is 13.2. The Labute approximate surface area is 208 Å². The number of carbonyl (C=O) groups excluding carboxylic acids is 3. The maximum atomic E-state index is 13.2. The number of esters is 1. The van der Waals surface area contributed by atoms with E-state index in [1.807, 2.05) is 11.6 Å². The van der Waals surface area contributed by atoms with Gasteiger partial charge in [0, 0.05) is 42.5 Å². The second-order valence-corrected chi connectivity index (χ2v) is 8.18. The van der Waals surface area contributed by atoms with E-state index in [1.54, 1.807) is 73.8 Å². The van der Waals surface area contributed by atoms with Gasteiger partial charge in [0.2, 0.25) is 0 Å². The number of amides is 1.